The fourth-order valence-electron chi connectivity index (χ4n) is 4.63. The number of ether oxygens (including phenoxy) is 2. The minimum absolute atomic E-state index is 0.0228. The number of aliphatic carboxylic acids is 1. The van der Waals surface area contributed by atoms with Crippen LogP contribution in [0.5, 0.6) is 17.2 Å². The summed E-state index contributed by atoms with van der Waals surface area (Å²) in [7, 11) is 0. The molecule has 1 aromatic heterocycles. The van der Waals surface area contributed by atoms with Crippen molar-refractivity contribution in [3.05, 3.63) is 92.9 Å². The molecule has 0 unspecified atom stereocenters. The average Bonchev–Trinajstić information content (AvgIpc) is 2.95. The van der Waals surface area contributed by atoms with Crippen LogP contribution in [0.1, 0.15) is 43.0 Å². The number of benzene rings is 3. The summed E-state index contributed by atoms with van der Waals surface area (Å²) in [6, 6.07) is 14.2. The highest BCUT2D eigenvalue weighted by atomic mass is 35.5. The topological polar surface area (TPSA) is 139 Å². The molecule has 0 saturated heterocycles. The number of carboxylic acids is 1. The van der Waals surface area contributed by atoms with Crippen LogP contribution in [-0.2, 0) is 11.3 Å². The summed E-state index contributed by atoms with van der Waals surface area (Å²) in [6.45, 7) is 6.25. The Morgan fingerprint density at radius 1 is 1.02 bits per heavy atom. The number of halogens is 1. The number of rotatable bonds is 11. The Balaban J connectivity index is 1.61. The van der Waals surface area contributed by atoms with Crippen molar-refractivity contribution in [1.29, 1.82) is 0 Å². The van der Waals surface area contributed by atoms with Gasteiger partial charge in [0.2, 0.25) is 0 Å². The zero-order valence-corrected chi connectivity index (χ0v) is 24.2. The van der Waals surface area contributed by atoms with Crippen molar-refractivity contribution in [3.63, 3.8) is 0 Å². The van der Waals surface area contributed by atoms with E-state index in [2.05, 4.69) is 10.6 Å². The molecule has 0 aliphatic heterocycles. The number of nitrogens with one attached hydrogen (secondary N) is 2. The molecular formula is C31H32ClN3O7. The monoisotopic (exact) mass is 593 g/mol. The molecule has 0 radical (unpaired) electrons. The summed E-state index contributed by atoms with van der Waals surface area (Å²) in [6.07, 6.45) is 1.05. The molecule has 0 aliphatic carbocycles. The maximum atomic E-state index is 13.4. The number of nitrogens with zero attached hydrogens (tertiary/aromatic N) is 1. The van der Waals surface area contributed by atoms with E-state index in [4.69, 9.17) is 21.1 Å². The molecule has 1 heterocycles. The van der Waals surface area contributed by atoms with Crippen LogP contribution in [0.4, 0.5) is 10.5 Å². The van der Waals surface area contributed by atoms with Crippen LogP contribution < -0.4 is 25.7 Å². The van der Waals surface area contributed by atoms with Crippen molar-refractivity contribution in [3.8, 4) is 17.2 Å². The largest absolute Gasteiger partial charge is 0.505 e. The van der Waals surface area contributed by atoms with Gasteiger partial charge in [0.05, 0.1) is 32.2 Å². The smallest absolute Gasteiger partial charge is 0.319 e. The highest BCUT2D eigenvalue weighted by molar-refractivity contribution is 6.31. The quantitative estimate of drug-likeness (QED) is 0.171. The van der Waals surface area contributed by atoms with Crippen LogP contribution in [0.3, 0.4) is 0 Å². The lowest BCUT2D eigenvalue weighted by Gasteiger charge is -2.20. The Morgan fingerprint density at radius 3 is 2.45 bits per heavy atom. The molecule has 42 heavy (non-hydrogen) atoms. The molecule has 0 bridgehead atoms. The van der Waals surface area contributed by atoms with Crippen molar-refractivity contribution in [2.75, 3.05) is 18.5 Å². The van der Waals surface area contributed by atoms with Gasteiger partial charge >= 0.3 is 12.0 Å². The molecule has 3 aromatic carbocycles. The van der Waals surface area contributed by atoms with E-state index in [1.807, 2.05) is 38.1 Å². The van der Waals surface area contributed by atoms with E-state index in [0.717, 1.165) is 10.8 Å². The zero-order chi connectivity index (χ0) is 30.4. The molecule has 0 fully saturated rings. The van der Waals surface area contributed by atoms with E-state index in [-0.39, 0.29) is 12.2 Å². The number of carbonyl (C=O) groups excluding carboxylic acids is 1. The van der Waals surface area contributed by atoms with Crippen molar-refractivity contribution in [1.82, 2.24) is 9.88 Å². The van der Waals surface area contributed by atoms with E-state index in [1.165, 1.54) is 10.8 Å². The molecule has 0 aliphatic rings. The molecule has 2 amide bonds. The van der Waals surface area contributed by atoms with Gasteiger partial charge < -0.3 is 34.9 Å². The SMILES string of the molecule is CCOc1ccc2cc([C@H](CC(=O)O)NC(=O)Nc3c(O)c(C)cn(Cc4c(Cl)cccc4OCC)c3=O)ccc2c1. The van der Waals surface area contributed by atoms with Gasteiger partial charge in [-0.2, -0.15) is 0 Å². The number of fused-ring (bicyclic) bond motifs is 1. The van der Waals surface area contributed by atoms with Gasteiger partial charge in [-0.25, -0.2) is 4.79 Å². The molecular weight excluding hydrogens is 562 g/mol. The number of anilines is 1. The first-order valence-electron chi connectivity index (χ1n) is 13.4. The molecule has 4 aromatic rings. The number of pyridine rings is 1. The third-order valence-corrected chi connectivity index (χ3v) is 6.96. The summed E-state index contributed by atoms with van der Waals surface area (Å²) < 4.78 is 12.5. The van der Waals surface area contributed by atoms with Gasteiger partial charge in [-0.3, -0.25) is 9.59 Å². The Hall–Kier alpha value is -4.70. The van der Waals surface area contributed by atoms with Gasteiger partial charge in [-0.05, 0) is 67.4 Å². The number of amides is 2. The van der Waals surface area contributed by atoms with Crippen molar-refractivity contribution in [2.45, 2.75) is 39.8 Å². The predicted molar refractivity (Wildman–Crippen MR) is 161 cm³/mol. The normalized spacial score (nSPS) is 11.6. The van der Waals surface area contributed by atoms with Crippen molar-refractivity contribution >= 4 is 40.1 Å². The first-order chi connectivity index (χ1) is 20.1. The van der Waals surface area contributed by atoms with Crippen LogP contribution in [0.25, 0.3) is 10.8 Å². The summed E-state index contributed by atoms with van der Waals surface area (Å²) in [4.78, 5) is 38.2. The van der Waals surface area contributed by atoms with Gasteiger partial charge in [0.1, 0.15) is 17.2 Å². The Labute approximate surface area is 247 Å². The summed E-state index contributed by atoms with van der Waals surface area (Å²) in [5.41, 5.74) is 0.416. The number of carboxylic acid groups (broad SMARTS) is 1. The third kappa shape index (κ3) is 6.95. The molecule has 0 saturated carbocycles. The van der Waals surface area contributed by atoms with Crippen molar-refractivity contribution in [2.24, 2.45) is 0 Å². The summed E-state index contributed by atoms with van der Waals surface area (Å²) in [5.74, 6) is -0.306. The number of hydrogen-bond acceptors (Lipinski definition) is 6. The second-order valence-corrected chi connectivity index (χ2v) is 9.98. The molecule has 1 atom stereocenters. The molecule has 4 N–H and O–H groups in total. The van der Waals surface area contributed by atoms with E-state index in [9.17, 15) is 24.6 Å². The van der Waals surface area contributed by atoms with Gasteiger partial charge in [0.15, 0.2) is 5.69 Å². The Bertz CT molecular complexity index is 1690. The van der Waals surface area contributed by atoms with Crippen molar-refractivity contribution < 1.29 is 29.3 Å². The van der Waals surface area contributed by atoms with E-state index < -0.39 is 35.8 Å². The average molecular weight is 594 g/mol. The minimum Gasteiger partial charge on any atom is -0.505 e. The Kier molecular flexibility index (Phi) is 9.59. The van der Waals surface area contributed by atoms with E-state index >= 15 is 0 Å². The fraction of sp³-hybridized carbons (Fsp3) is 0.258. The van der Waals surface area contributed by atoms with Crippen LogP contribution in [0.2, 0.25) is 5.02 Å². The molecule has 10 nitrogen and oxygen atoms in total. The lowest BCUT2D eigenvalue weighted by atomic mass is 9.99. The lowest BCUT2D eigenvalue weighted by molar-refractivity contribution is -0.137. The van der Waals surface area contributed by atoms with Gasteiger partial charge in [-0.1, -0.05) is 35.9 Å². The number of hydrogen-bond donors (Lipinski definition) is 4. The molecule has 220 valence electrons. The number of aromatic hydroxyl groups is 1. The van der Waals surface area contributed by atoms with Crippen LogP contribution in [0.15, 0.2) is 65.6 Å². The number of aryl methyl sites for hydroxylation is 1. The maximum absolute atomic E-state index is 13.4. The van der Waals surface area contributed by atoms with Gasteiger partial charge in [-0.15, -0.1) is 0 Å². The summed E-state index contributed by atoms with van der Waals surface area (Å²) >= 11 is 6.40. The van der Waals surface area contributed by atoms with Gasteiger partial charge in [0.25, 0.3) is 5.56 Å². The van der Waals surface area contributed by atoms with E-state index in [1.54, 1.807) is 37.3 Å². The fourth-order valence-corrected chi connectivity index (χ4v) is 4.85. The summed E-state index contributed by atoms with van der Waals surface area (Å²) in [5, 5.41) is 27.4. The highest BCUT2D eigenvalue weighted by Gasteiger charge is 2.22. The first kappa shape index (κ1) is 30.3. The Morgan fingerprint density at radius 2 is 1.74 bits per heavy atom. The van der Waals surface area contributed by atoms with E-state index in [0.29, 0.717) is 46.4 Å². The lowest BCUT2D eigenvalue weighted by Crippen LogP contribution is -2.36. The maximum Gasteiger partial charge on any atom is 0.319 e. The number of urea groups is 1. The zero-order valence-electron chi connectivity index (χ0n) is 23.4. The molecule has 4 rings (SSSR count). The third-order valence-electron chi connectivity index (χ3n) is 6.61. The van der Waals surface area contributed by atoms with Crippen LogP contribution in [0, 0.1) is 6.92 Å². The minimum atomic E-state index is -1.13. The van der Waals surface area contributed by atoms with Crippen LogP contribution >= 0.6 is 11.6 Å². The predicted octanol–water partition coefficient (Wildman–Crippen LogP) is 5.85. The number of aromatic nitrogens is 1. The standard InChI is InChI=1S/C31H32ClN3O7/c1-4-41-22-12-11-19-13-21(10-9-20(19)14-22)25(15-27(36)37)33-31(40)34-28-29(38)18(3)16-35(30(28)39)17-23-24(32)7-6-8-26(23)42-5-2/h6-14,16,25,38H,4-5,15,17H2,1-3H3,(H,36,37)(H2,33,34,40)/t25-/m0/s1. The second-order valence-electron chi connectivity index (χ2n) is 9.57. The van der Waals surface area contributed by atoms with Gasteiger partial charge in [0, 0.05) is 22.3 Å². The second kappa shape index (κ2) is 13.3. The first-order valence-corrected chi connectivity index (χ1v) is 13.8. The molecule has 11 heteroatoms. The molecule has 0 spiro atoms. The number of carbonyl (C=O) groups is 2. The highest BCUT2D eigenvalue weighted by Crippen LogP contribution is 2.30. The van der Waals surface area contributed by atoms with Crippen LogP contribution in [-0.4, -0.2) is 40.0 Å².